The summed E-state index contributed by atoms with van der Waals surface area (Å²) in [5, 5.41) is 0. The summed E-state index contributed by atoms with van der Waals surface area (Å²) < 4.78 is 16.7. The molecular weight excluding hydrogens is 769 g/mol. The van der Waals surface area contributed by atoms with Gasteiger partial charge in [0.05, 0.1) is 0 Å². The Hall–Kier alpha value is -2.89. The van der Waals surface area contributed by atoms with Crippen molar-refractivity contribution in [2.75, 3.05) is 13.2 Å². The highest BCUT2D eigenvalue weighted by Crippen LogP contribution is 2.14. The monoisotopic (exact) mass is 867 g/mol. The predicted molar refractivity (Wildman–Crippen MR) is 265 cm³/mol. The molecule has 0 saturated carbocycles. The fraction of sp³-hybridized carbons (Fsp3) is 0.768. The molecule has 0 heterocycles. The summed E-state index contributed by atoms with van der Waals surface area (Å²) in [6.07, 6.45) is 62.2. The van der Waals surface area contributed by atoms with E-state index in [2.05, 4.69) is 81.5 Å². The van der Waals surface area contributed by atoms with E-state index in [1.165, 1.54) is 141 Å². The van der Waals surface area contributed by atoms with Crippen LogP contribution < -0.4 is 0 Å². The van der Waals surface area contributed by atoms with E-state index < -0.39 is 6.10 Å². The Labute approximate surface area is 383 Å². The van der Waals surface area contributed by atoms with Crippen molar-refractivity contribution in [3.05, 3.63) is 60.8 Å². The lowest BCUT2D eigenvalue weighted by Gasteiger charge is -2.18. The molecule has 0 aliphatic rings. The molecule has 0 aromatic heterocycles. The third kappa shape index (κ3) is 48.1. The molecule has 6 heteroatoms. The Morgan fingerprint density at radius 2 is 0.597 bits per heavy atom. The molecule has 0 fully saturated rings. The number of ether oxygens (including phenoxy) is 3. The zero-order chi connectivity index (χ0) is 45.1. The van der Waals surface area contributed by atoms with Gasteiger partial charge in [-0.25, -0.2) is 0 Å². The Bertz CT molecular complexity index is 1130. The summed E-state index contributed by atoms with van der Waals surface area (Å²) in [6.45, 7) is 6.55. The molecule has 0 aromatic carbocycles. The number of esters is 3. The number of carbonyl (C=O) groups is 3. The number of rotatable bonds is 47. The molecule has 0 bridgehead atoms. The summed E-state index contributed by atoms with van der Waals surface area (Å²) >= 11 is 0. The standard InChI is InChI=1S/C56H98O6/c1-4-7-10-13-16-19-21-23-25-27-29-30-32-34-37-40-43-46-49-55(58)61-52-53(51-60-54(57)48-45-42-39-36-18-15-12-9-6-3)62-56(59)50-47-44-41-38-35-33-31-28-26-24-22-20-17-14-11-8-5-2/h17,20,24,26,29-31,33,38,41,53H,4-16,18-19,21-23,25,27-28,32,34-37,39-40,42-52H2,1-3H3/b20-17-,26-24-,30-29-,33-31-,41-38-. The summed E-state index contributed by atoms with van der Waals surface area (Å²) in [7, 11) is 0. The minimum absolute atomic E-state index is 0.0971. The van der Waals surface area contributed by atoms with E-state index in [1.807, 2.05) is 0 Å². The van der Waals surface area contributed by atoms with Gasteiger partial charge >= 0.3 is 17.9 Å². The highest BCUT2D eigenvalue weighted by Gasteiger charge is 2.19. The average Bonchev–Trinajstić information content (AvgIpc) is 3.27. The highest BCUT2D eigenvalue weighted by atomic mass is 16.6. The lowest BCUT2D eigenvalue weighted by Crippen LogP contribution is -2.30. The van der Waals surface area contributed by atoms with Gasteiger partial charge in [0.1, 0.15) is 13.2 Å². The molecule has 0 amide bonds. The van der Waals surface area contributed by atoms with E-state index in [-0.39, 0.29) is 37.5 Å². The third-order valence-corrected chi connectivity index (χ3v) is 11.2. The first-order chi connectivity index (χ1) is 30.5. The van der Waals surface area contributed by atoms with Gasteiger partial charge in [-0.05, 0) is 83.5 Å². The van der Waals surface area contributed by atoms with Crippen molar-refractivity contribution in [1.82, 2.24) is 0 Å². The lowest BCUT2D eigenvalue weighted by molar-refractivity contribution is -0.167. The van der Waals surface area contributed by atoms with Gasteiger partial charge in [0.15, 0.2) is 6.10 Å². The summed E-state index contributed by atoms with van der Waals surface area (Å²) in [5.41, 5.74) is 0. The SMILES string of the molecule is CCCCC/C=C\C/C=C\C/C=C\C/C=C\CCCC(=O)OC(COC(=O)CCCCCCC/C=C\CCCCCCCCCCC)COC(=O)CCCCCCCCCCC. The van der Waals surface area contributed by atoms with Crippen LogP contribution in [-0.2, 0) is 28.6 Å². The number of hydrogen-bond donors (Lipinski definition) is 0. The molecule has 0 spiro atoms. The first-order valence-corrected chi connectivity index (χ1v) is 26.3. The zero-order valence-electron chi connectivity index (χ0n) is 40.9. The Morgan fingerprint density at radius 3 is 1.00 bits per heavy atom. The number of allylic oxidation sites excluding steroid dienone is 10. The zero-order valence-corrected chi connectivity index (χ0v) is 40.9. The maximum absolute atomic E-state index is 12.8. The molecule has 0 N–H and O–H groups in total. The molecule has 0 aliphatic heterocycles. The predicted octanol–water partition coefficient (Wildman–Crippen LogP) is 17.3. The second-order valence-electron chi connectivity index (χ2n) is 17.4. The molecule has 358 valence electrons. The van der Waals surface area contributed by atoms with Crippen molar-refractivity contribution in [1.29, 1.82) is 0 Å². The van der Waals surface area contributed by atoms with E-state index in [9.17, 15) is 14.4 Å². The quantitative estimate of drug-likeness (QED) is 0.0262. The molecule has 62 heavy (non-hydrogen) atoms. The Balaban J connectivity index is 4.40. The molecule has 0 saturated heterocycles. The van der Waals surface area contributed by atoms with Gasteiger partial charge in [-0.2, -0.15) is 0 Å². The molecule has 0 aliphatic carbocycles. The van der Waals surface area contributed by atoms with Crippen molar-refractivity contribution >= 4 is 17.9 Å². The van der Waals surface area contributed by atoms with Gasteiger partial charge in [0, 0.05) is 19.3 Å². The number of hydrogen-bond acceptors (Lipinski definition) is 6. The third-order valence-electron chi connectivity index (χ3n) is 11.2. The van der Waals surface area contributed by atoms with Crippen molar-refractivity contribution < 1.29 is 28.6 Å². The summed E-state index contributed by atoms with van der Waals surface area (Å²) in [5.74, 6) is -0.961. The van der Waals surface area contributed by atoms with Crippen LogP contribution in [0.15, 0.2) is 60.8 Å². The summed E-state index contributed by atoms with van der Waals surface area (Å²) in [6, 6.07) is 0. The van der Waals surface area contributed by atoms with E-state index >= 15 is 0 Å². The molecule has 0 rings (SSSR count). The minimum Gasteiger partial charge on any atom is -0.462 e. The molecule has 1 unspecified atom stereocenters. The maximum Gasteiger partial charge on any atom is 0.306 e. The number of unbranched alkanes of at least 4 members (excludes halogenated alkanes) is 26. The topological polar surface area (TPSA) is 78.9 Å². The first kappa shape index (κ1) is 59.1. The lowest BCUT2D eigenvalue weighted by atomic mass is 10.1. The molecule has 0 radical (unpaired) electrons. The van der Waals surface area contributed by atoms with Crippen LogP contribution in [0.2, 0.25) is 0 Å². The van der Waals surface area contributed by atoms with Crippen LogP contribution in [-0.4, -0.2) is 37.2 Å². The maximum atomic E-state index is 12.8. The fourth-order valence-electron chi connectivity index (χ4n) is 7.25. The van der Waals surface area contributed by atoms with Gasteiger partial charge in [-0.3, -0.25) is 14.4 Å². The molecule has 0 aromatic rings. The van der Waals surface area contributed by atoms with Crippen LogP contribution in [0.4, 0.5) is 0 Å². The van der Waals surface area contributed by atoms with E-state index in [0.29, 0.717) is 19.3 Å². The minimum atomic E-state index is -0.802. The molecular formula is C56H98O6. The van der Waals surface area contributed by atoms with Gasteiger partial charge in [0.2, 0.25) is 0 Å². The normalized spacial score (nSPS) is 12.5. The van der Waals surface area contributed by atoms with Crippen molar-refractivity contribution in [3.8, 4) is 0 Å². The van der Waals surface area contributed by atoms with Gasteiger partial charge < -0.3 is 14.2 Å². The largest absolute Gasteiger partial charge is 0.462 e. The molecule has 6 nitrogen and oxygen atoms in total. The van der Waals surface area contributed by atoms with Gasteiger partial charge in [-0.15, -0.1) is 0 Å². The van der Waals surface area contributed by atoms with Crippen LogP contribution in [0.3, 0.4) is 0 Å². The van der Waals surface area contributed by atoms with Gasteiger partial charge in [0.25, 0.3) is 0 Å². The Kier molecular flexibility index (Phi) is 48.4. The van der Waals surface area contributed by atoms with Crippen LogP contribution in [0.25, 0.3) is 0 Å². The van der Waals surface area contributed by atoms with Crippen LogP contribution in [0.1, 0.15) is 258 Å². The van der Waals surface area contributed by atoms with Crippen molar-refractivity contribution in [2.45, 2.75) is 264 Å². The van der Waals surface area contributed by atoms with Crippen LogP contribution in [0, 0.1) is 0 Å². The van der Waals surface area contributed by atoms with E-state index in [4.69, 9.17) is 14.2 Å². The van der Waals surface area contributed by atoms with Crippen LogP contribution >= 0.6 is 0 Å². The molecule has 1 atom stereocenters. The second-order valence-corrected chi connectivity index (χ2v) is 17.4. The Morgan fingerprint density at radius 1 is 0.323 bits per heavy atom. The van der Waals surface area contributed by atoms with E-state index in [1.54, 1.807) is 0 Å². The summed E-state index contributed by atoms with van der Waals surface area (Å²) in [4.78, 5) is 37.9. The first-order valence-electron chi connectivity index (χ1n) is 26.3. The van der Waals surface area contributed by atoms with Crippen molar-refractivity contribution in [3.63, 3.8) is 0 Å². The van der Waals surface area contributed by atoms with E-state index in [0.717, 1.165) is 70.6 Å². The van der Waals surface area contributed by atoms with Gasteiger partial charge in [-0.1, -0.05) is 216 Å². The second kappa shape index (κ2) is 50.8. The number of carbonyl (C=O) groups excluding carboxylic acids is 3. The van der Waals surface area contributed by atoms with Crippen LogP contribution in [0.5, 0.6) is 0 Å². The average molecular weight is 867 g/mol. The smallest absolute Gasteiger partial charge is 0.306 e. The highest BCUT2D eigenvalue weighted by molar-refractivity contribution is 5.71. The van der Waals surface area contributed by atoms with Crippen molar-refractivity contribution in [2.24, 2.45) is 0 Å². The fourth-order valence-corrected chi connectivity index (χ4v) is 7.25.